The Morgan fingerprint density at radius 1 is 1.24 bits per heavy atom. The number of hydrogen-bond acceptors (Lipinski definition) is 4. The Labute approximate surface area is 123 Å². The number of ether oxygens (including phenoxy) is 1. The number of nitrogens with one attached hydrogen (secondary N) is 1. The minimum Gasteiger partial charge on any atom is -0.465 e. The SMILES string of the molecule is COC(=O)c1c(CC(=O)N2CCCC2)[nH]c(C(C)=O)c1C. The van der Waals surface area contributed by atoms with E-state index < -0.39 is 5.97 Å². The molecule has 1 aliphatic heterocycles. The number of amides is 1. The quantitative estimate of drug-likeness (QED) is 0.673. The molecule has 0 unspecified atom stereocenters. The fraction of sp³-hybridized carbons (Fsp3) is 0.533. The van der Waals surface area contributed by atoms with Crippen LogP contribution in [0.5, 0.6) is 0 Å². The molecule has 0 aliphatic carbocycles. The van der Waals surface area contributed by atoms with Gasteiger partial charge >= 0.3 is 5.97 Å². The largest absolute Gasteiger partial charge is 0.465 e. The van der Waals surface area contributed by atoms with Crippen LogP contribution in [0, 0.1) is 6.92 Å². The highest BCUT2D eigenvalue weighted by Crippen LogP contribution is 2.21. The normalized spacial score (nSPS) is 14.3. The third-order valence-electron chi connectivity index (χ3n) is 3.86. The number of nitrogens with zero attached hydrogens (tertiary/aromatic N) is 1. The van der Waals surface area contributed by atoms with E-state index in [1.807, 2.05) is 0 Å². The Morgan fingerprint density at radius 2 is 1.86 bits per heavy atom. The summed E-state index contributed by atoms with van der Waals surface area (Å²) in [7, 11) is 1.29. The number of hydrogen-bond donors (Lipinski definition) is 1. The van der Waals surface area contributed by atoms with Crippen molar-refractivity contribution >= 4 is 17.7 Å². The van der Waals surface area contributed by atoms with Crippen LogP contribution < -0.4 is 0 Å². The molecule has 0 atom stereocenters. The van der Waals surface area contributed by atoms with Crippen LogP contribution in [0.3, 0.4) is 0 Å². The van der Waals surface area contributed by atoms with Crippen LogP contribution in [0.4, 0.5) is 0 Å². The highest BCUT2D eigenvalue weighted by atomic mass is 16.5. The maximum Gasteiger partial charge on any atom is 0.339 e. The monoisotopic (exact) mass is 292 g/mol. The van der Waals surface area contributed by atoms with Gasteiger partial charge in [0.25, 0.3) is 0 Å². The molecule has 1 fully saturated rings. The van der Waals surface area contributed by atoms with Crippen molar-refractivity contribution in [3.05, 3.63) is 22.5 Å². The van der Waals surface area contributed by atoms with Crippen LogP contribution in [0.1, 0.15) is 51.9 Å². The van der Waals surface area contributed by atoms with E-state index in [2.05, 4.69) is 4.98 Å². The smallest absolute Gasteiger partial charge is 0.339 e. The van der Waals surface area contributed by atoms with Gasteiger partial charge in [-0.05, 0) is 25.3 Å². The number of aromatic nitrogens is 1. The van der Waals surface area contributed by atoms with Gasteiger partial charge in [0.1, 0.15) is 0 Å². The minimum absolute atomic E-state index is 0.0333. The van der Waals surface area contributed by atoms with E-state index in [4.69, 9.17) is 4.74 Å². The summed E-state index contributed by atoms with van der Waals surface area (Å²) in [4.78, 5) is 40.5. The molecule has 0 bridgehead atoms. The highest BCUT2D eigenvalue weighted by molar-refractivity contribution is 6.01. The van der Waals surface area contributed by atoms with Gasteiger partial charge in [-0.15, -0.1) is 0 Å². The van der Waals surface area contributed by atoms with Crippen LogP contribution in [0.15, 0.2) is 0 Å². The van der Waals surface area contributed by atoms with Crippen molar-refractivity contribution in [2.75, 3.05) is 20.2 Å². The molecule has 0 saturated carbocycles. The lowest BCUT2D eigenvalue weighted by atomic mass is 10.1. The number of carbonyl (C=O) groups excluding carboxylic acids is 3. The maximum absolute atomic E-state index is 12.2. The predicted octanol–water partition coefficient (Wildman–Crippen LogP) is 1.48. The molecule has 1 amide bonds. The zero-order valence-electron chi connectivity index (χ0n) is 12.6. The topological polar surface area (TPSA) is 79.5 Å². The van der Waals surface area contributed by atoms with E-state index in [0.717, 1.165) is 25.9 Å². The van der Waals surface area contributed by atoms with E-state index in [1.165, 1.54) is 14.0 Å². The molecule has 0 aromatic carbocycles. The number of rotatable bonds is 4. The molecule has 1 aliphatic rings. The Kier molecular flexibility index (Phi) is 4.45. The number of ketones is 1. The van der Waals surface area contributed by atoms with E-state index in [9.17, 15) is 14.4 Å². The van der Waals surface area contributed by atoms with Crippen LogP contribution in [0.25, 0.3) is 0 Å². The minimum atomic E-state index is -0.527. The fourth-order valence-corrected chi connectivity index (χ4v) is 2.75. The maximum atomic E-state index is 12.2. The number of Topliss-reactive ketones (excluding diaryl/α,β-unsaturated/α-hetero) is 1. The highest BCUT2D eigenvalue weighted by Gasteiger charge is 2.26. The van der Waals surface area contributed by atoms with Gasteiger partial charge in [-0.25, -0.2) is 4.79 Å². The summed E-state index contributed by atoms with van der Waals surface area (Å²) in [5, 5.41) is 0. The van der Waals surface area contributed by atoms with Crippen molar-refractivity contribution in [2.45, 2.75) is 33.1 Å². The Bertz CT molecular complexity index is 583. The van der Waals surface area contributed by atoms with Gasteiger partial charge in [0, 0.05) is 25.7 Å². The lowest BCUT2D eigenvalue weighted by Crippen LogP contribution is -2.29. The molecule has 0 radical (unpaired) electrons. The molecule has 1 aromatic rings. The predicted molar refractivity (Wildman–Crippen MR) is 76.4 cm³/mol. The van der Waals surface area contributed by atoms with Gasteiger partial charge in [-0.2, -0.15) is 0 Å². The van der Waals surface area contributed by atoms with Crippen LogP contribution >= 0.6 is 0 Å². The van der Waals surface area contributed by atoms with Crippen molar-refractivity contribution in [3.63, 3.8) is 0 Å². The summed E-state index contributed by atoms with van der Waals surface area (Å²) in [6.45, 7) is 4.62. The summed E-state index contributed by atoms with van der Waals surface area (Å²) in [6.07, 6.45) is 2.11. The van der Waals surface area contributed by atoms with Crippen LogP contribution in [-0.4, -0.2) is 47.7 Å². The van der Waals surface area contributed by atoms with Crippen LogP contribution in [-0.2, 0) is 16.0 Å². The van der Waals surface area contributed by atoms with E-state index >= 15 is 0 Å². The van der Waals surface area contributed by atoms with Gasteiger partial charge in [0.15, 0.2) is 5.78 Å². The van der Waals surface area contributed by atoms with E-state index in [-0.39, 0.29) is 18.1 Å². The molecule has 21 heavy (non-hydrogen) atoms. The molecule has 0 spiro atoms. The summed E-state index contributed by atoms with van der Waals surface area (Å²) in [5.74, 6) is -0.730. The first-order valence-corrected chi connectivity index (χ1v) is 7.04. The second-order valence-electron chi connectivity index (χ2n) is 5.29. The summed E-state index contributed by atoms with van der Waals surface area (Å²) < 4.78 is 4.76. The van der Waals surface area contributed by atoms with Crippen LogP contribution in [0.2, 0.25) is 0 Å². The summed E-state index contributed by atoms with van der Waals surface area (Å²) >= 11 is 0. The first-order chi connectivity index (χ1) is 9.95. The molecule has 1 saturated heterocycles. The number of methoxy groups -OCH3 is 1. The van der Waals surface area contributed by atoms with Gasteiger partial charge < -0.3 is 14.6 Å². The number of aromatic amines is 1. The summed E-state index contributed by atoms with van der Waals surface area (Å²) in [5.41, 5.74) is 1.66. The number of esters is 1. The standard InChI is InChI=1S/C15H20N2O4/c1-9-13(15(20)21-3)11(16-14(9)10(2)18)8-12(19)17-6-4-5-7-17/h16H,4-8H2,1-3H3. The zero-order chi connectivity index (χ0) is 15.6. The number of carbonyl (C=O) groups is 3. The zero-order valence-corrected chi connectivity index (χ0v) is 12.6. The average Bonchev–Trinajstić information content (AvgIpc) is 3.06. The molecular weight excluding hydrogens is 272 g/mol. The van der Waals surface area contributed by atoms with Crippen molar-refractivity contribution in [1.29, 1.82) is 0 Å². The van der Waals surface area contributed by atoms with E-state index in [0.29, 0.717) is 22.5 Å². The Morgan fingerprint density at radius 3 is 2.38 bits per heavy atom. The molecular formula is C15H20N2O4. The van der Waals surface area contributed by atoms with Crippen molar-refractivity contribution in [1.82, 2.24) is 9.88 Å². The van der Waals surface area contributed by atoms with Gasteiger partial charge in [0.05, 0.1) is 24.8 Å². The molecule has 1 N–H and O–H groups in total. The molecule has 2 heterocycles. The number of likely N-dealkylation sites (tertiary alicyclic amines) is 1. The second-order valence-corrected chi connectivity index (χ2v) is 5.29. The molecule has 6 heteroatoms. The third kappa shape index (κ3) is 2.99. The van der Waals surface area contributed by atoms with Gasteiger partial charge in [-0.1, -0.05) is 0 Å². The molecule has 6 nitrogen and oxygen atoms in total. The van der Waals surface area contributed by atoms with Gasteiger partial charge in [0.2, 0.25) is 5.91 Å². The lowest BCUT2D eigenvalue weighted by Gasteiger charge is -2.15. The van der Waals surface area contributed by atoms with Crippen molar-refractivity contribution in [2.24, 2.45) is 0 Å². The summed E-state index contributed by atoms with van der Waals surface area (Å²) in [6, 6.07) is 0. The Hall–Kier alpha value is -2.11. The van der Waals surface area contributed by atoms with Gasteiger partial charge in [-0.3, -0.25) is 9.59 Å². The first-order valence-electron chi connectivity index (χ1n) is 7.04. The average molecular weight is 292 g/mol. The Balaban J connectivity index is 2.32. The number of H-pyrrole nitrogens is 1. The van der Waals surface area contributed by atoms with Crippen molar-refractivity contribution in [3.8, 4) is 0 Å². The lowest BCUT2D eigenvalue weighted by molar-refractivity contribution is -0.129. The van der Waals surface area contributed by atoms with Crippen molar-refractivity contribution < 1.29 is 19.1 Å². The molecule has 1 aromatic heterocycles. The van der Waals surface area contributed by atoms with E-state index in [1.54, 1.807) is 11.8 Å². The molecule has 2 rings (SSSR count). The second kappa shape index (κ2) is 6.11. The molecule has 114 valence electrons. The first kappa shape index (κ1) is 15.3. The fourth-order valence-electron chi connectivity index (χ4n) is 2.75. The third-order valence-corrected chi connectivity index (χ3v) is 3.86.